The molecule has 2 saturated heterocycles. The number of carbonyl (C=O) groups excluding carboxylic acids is 2. The standard InChI is InChI=1S/2C23H25ClN4O2/c2*1-27(2)16-5-9-28(10-6-16)23(29)20-12-14-11-15(24)13-19(21(14)30-20)17-3-7-25-22-18(17)4-8-26-22/h2*3-4,7-8,11,13,16,20H,5-6,9-10,12H2,1-2H3,(H,25,26)/t2*20-/m10/s1. The Morgan fingerprint density at radius 1 is 0.617 bits per heavy atom. The van der Waals surface area contributed by atoms with Gasteiger partial charge < -0.3 is 39.0 Å². The predicted molar refractivity (Wildman–Crippen MR) is 236 cm³/mol. The summed E-state index contributed by atoms with van der Waals surface area (Å²) >= 11 is 12.9. The Morgan fingerprint density at radius 3 is 1.40 bits per heavy atom. The number of piperidine rings is 2. The predicted octanol–water partition coefficient (Wildman–Crippen LogP) is 7.48. The molecule has 0 spiro atoms. The number of nitrogens with one attached hydrogen (secondary N) is 2. The summed E-state index contributed by atoms with van der Waals surface area (Å²) in [5.74, 6) is 1.67. The van der Waals surface area contributed by atoms with Crippen molar-refractivity contribution in [3.05, 3.63) is 94.5 Å². The van der Waals surface area contributed by atoms with Crippen LogP contribution < -0.4 is 9.47 Å². The average molecular weight is 850 g/mol. The highest BCUT2D eigenvalue weighted by Crippen LogP contribution is 2.45. The van der Waals surface area contributed by atoms with E-state index in [9.17, 15) is 9.59 Å². The summed E-state index contributed by atoms with van der Waals surface area (Å²) in [6.07, 6.45) is 11.4. The van der Waals surface area contributed by atoms with Crippen molar-refractivity contribution >= 4 is 57.1 Å². The first-order chi connectivity index (χ1) is 29.0. The van der Waals surface area contributed by atoms with Crippen LogP contribution in [0.2, 0.25) is 10.0 Å². The molecular formula is C46H50Cl2N8O4. The van der Waals surface area contributed by atoms with Crippen molar-refractivity contribution in [1.29, 1.82) is 0 Å². The fourth-order valence-electron chi connectivity index (χ4n) is 9.33. The van der Waals surface area contributed by atoms with E-state index in [-0.39, 0.29) is 11.8 Å². The van der Waals surface area contributed by atoms with Crippen molar-refractivity contribution in [3.63, 3.8) is 0 Å². The number of carbonyl (C=O) groups is 2. The third-order valence-corrected chi connectivity index (χ3v) is 13.1. The fraction of sp³-hybridized carbons (Fsp3) is 0.391. The van der Waals surface area contributed by atoms with Crippen molar-refractivity contribution < 1.29 is 19.1 Å². The molecule has 2 fully saturated rings. The van der Waals surface area contributed by atoms with E-state index in [0.717, 1.165) is 119 Å². The monoisotopic (exact) mass is 848 g/mol. The number of aromatic nitrogens is 4. The van der Waals surface area contributed by atoms with E-state index < -0.39 is 12.2 Å². The SMILES string of the molecule is CN(C)C1CCN(C(=O)[C@@H]2Cc3cc(Cl)cc(-c4ccnc5[nH]ccc45)c3O2)CC1.CN(C)C1CCN(C(=O)[C@H]2Cc3cc(Cl)cc(-c4ccnc5[nH]ccc45)c3O2)CC1. The Labute approximate surface area is 359 Å². The van der Waals surface area contributed by atoms with Crippen LogP contribution in [0, 0.1) is 0 Å². The van der Waals surface area contributed by atoms with Gasteiger partial charge in [-0.1, -0.05) is 23.2 Å². The van der Waals surface area contributed by atoms with Gasteiger partial charge in [-0.15, -0.1) is 0 Å². The van der Waals surface area contributed by atoms with Gasteiger partial charge in [0.2, 0.25) is 0 Å². The van der Waals surface area contributed by atoms with E-state index in [1.165, 1.54) is 0 Å². The molecule has 312 valence electrons. The van der Waals surface area contributed by atoms with E-state index in [0.29, 0.717) is 35.0 Å². The van der Waals surface area contributed by atoms with Crippen LogP contribution in [-0.2, 0) is 22.4 Å². The molecule has 0 saturated carbocycles. The van der Waals surface area contributed by atoms with Gasteiger partial charge in [0.25, 0.3) is 11.8 Å². The van der Waals surface area contributed by atoms with Gasteiger partial charge in [0, 0.05) is 119 Å². The largest absolute Gasteiger partial charge is 0.479 e. The minimum Gasteiger partial charge on any atom is -0.479 e. The Bertz CT molecular complexity index is 2380. The summed E-state index contributed by atoms with van der Waals surface area (Å²) < 4.78 is 12.5. The molecular weight excluding hydrogens is 799 g/mol. The van der Waals surface area contributed by atoms with E-state index >= 15 is 0 Å². The number of aromatic amines is 2. The molecule has 4 aromatic heterocycles. The Morgan fingerprint density at radius 2 is 1.02 bits per heavy atom. The molecule has 0 aliphatic carbocycles. The number of pyridine rings is 2. The summed E-state index contributed by atoms with van der Waals surface area (Å²) in [5, 5.41) is 3.30. The quantitative estimate of drug-likeness (QED) is 0.177. The number of hydrogen-bond donors (Lipinski definition) is 2. The van der Waals surface area contributed by atoms with Crippen LogP contribution in [0.15, 0.2) is 73.3 Å². The molecule has 2 amide bonds. The van der Waals surface area contributed by atoms with Crippen molar-refractivity contribution in [2.45, 2.75) is 62.8 Å². The third-order valence-electron chi connectivity index (χ3n) is 12.7. The van der Waals surface area contributed by atoms with E-state index in [1.54, 1.807) is 12.4 Å². The molecule has 14 heteroatoms. The number of nitrogens with zero attached hydrogens (tertiary/aromatic N) is 6. The van der Waals surface area contributed by atoms with E-state index in [2.05, 4.69) is 57.9 Å². The Kier molecular flexibility index (Phi) is 11.2. The first kappa shape index (κ1) is 40.3. The van der Waals surface area contributed by atoms with Crippen LogP contribution in [0.25, 0.3) is 44.3 Å². The second kappa shape index (κ2) is 16.7. The van der Waals surface area contributed by atoms with Gasteiger partial charge in [-0.25, -0.2) is 9.97 Å². The first-order valence-corrected chi connectivity index (χ1v) is 21.5. The van der Waals surface area contributed by atoms with Gasteiger partial charge in [-0.3, -0.25) is 9.59 Å². The highest BCUT2D eigenvalue weighted by molar-refractivity contribution is 6.31. The first-order valence-electron chi connectivity index (χ1n) is 20.8. The Hall–Kier alpha value is -5.14. The van der Waals surface area contributed by atoms with Gasteiger partial charge in [-0.2, -0.15) is 0 Å². The van der Waals surface area contributed by atoms with Crippen LogP contribution in [-0.4, -0.2) is 130 Å². The lowest BCUT2D eigenvalue weighted by atomic mass is 9.99. The van der Waals surface area contributed by atoms with Crippen LogP contribution in [0.4, 0.5) is 0 Å². The lowest BCUT2D eigenvalue weighted by Crippen LogP contribution is -2.48. The van der Waals surface area contributed by atoms with Crippen molar-refractivity contribution in [2.24, 2.45) is 0 Å². The van der Waals surface area contributed by atoms with Gasteiger partial charge in [0.05, 0.1) is 0 Å². The maximum absolute atomic E-state index is 13.2. The molecule has 2 aromatic carbocycles. The molecule has 0 radical (unpaired) electrons. The summed E-state index contributed by atoms with van der Waals surface area (Å²) in [6, 6.07) is 16.7. The average Bonchev–Trinajstić information content (AvgIpc) is 4.09. The van der Waals surface area contributed by atoms with Gasteiger partial charge in [-0.05, 0) is 114 Å². The number of fused-ring (bicyclic) bond motifs is 4. The molecule has 4 aliphatic heterocycles. The molecule has 60 heavy (non-hydrogen) atoms. The molecule has 2 atom stereocenters. The normalized spacial score (nSPS) is 19.3. The molecule has 10 rings (SSSR count). The zero-order chi connectivity index (χ0) is 41.7. The Balaban J connectivity index is 0.000000154. The number of ether oxygens (including phenoxy) is 2. The van der Waals surface area contributed by atoms with E-state index in [1.807, 2.05) is 70.7 Å². The summed E-state index contributed by atoms with van der Waals surface area (Å²) in [4.78, 5) is 49.8. The zero-order valence-corrected chi connectivity index (χ0v) is 35.9. The van der Waals surface area contributed by atoms with Crippen LogP contribution >= 0.6 is 23.2 Å². The number of halogens is 2. The number of H-pyrrole nitrogens is 2. The van der Waals surface area contributed by atoms with Crippen LogP contribution in [0.3, 0.4) is 0 Å². The number of hydrogen-bond acceptors (Lipinski definition) is 8. The van der Waals surface area contributed by atoms with Gasteiger partial charge >= 0.3 is 0 Å². The maximum Gasteiger partial charge on any atom is 0.263 e. The van der Waals surface area contributed by atoms with Gasteiger partial charge in [0.15, 0.2) is 12.2 Å². The summed E-state index contributed by atoms with van der Waals surface area (Å²) in [7, 11) is 8.41. The van der Waals surface area contributed by atoms with Crippen LogP contribution in [0.1, 0.15) is 36.8 Å². The van der Waals surface area contributed by atoms with Gasteiger partial charge in [0.1, 0.15) is 22.8 Å². The number of likely N-dealkylation sites (tertiary alicyclic amines) is 2. The van der Waals surface area contributed by atoms with Crippen molar-refractivity contribution in [1.82, 2.24) is 39.5 Å². The highest BCUT2D eigenvalue weighted by atomic mass is 35.5. The minimum atomic E-state index is -0.489. The van der Waals surface area contributed by atoms with E-state index in [4.69, 9.17) is 32.7 Å². The summed E-state index contributed by atoms with van der Waals surface area (Å²) in [6.45, 7) is 3.11. The fourth-order valence-corrected chi connectivity index (χ4v) is 9.81. The topological polar surface area (TPSA) is 123 Å². The van der Waals surface area contributed by atoms with Crippen molar-refractivity contribution in [2.75, 3.05) is 54.4 Å². The second-order valence-corrected chi connectivity index (χ2v) is 17.6. The minimum absolute atomic E-state index is 0.0759. The molecule has 0 unspecified atom stereocenters. The molecule has 6 aromatic rings. The molecule has 12 nitrogen and oxygen atoms in total. The zero-order valence-electron chi connectivity index (χ0n) is 34.4. The molecule has 2 N–H and O–H groups in total. The molecule has 0 bridgehead atoms. The molecule has 4 aliphatic rings. The molecule has 8 heterocycles. The third kappa shape index (κ3) is 7.82. The smallest absolute Gasteiger partial charge is 0.263 e. The number of rotatable bonds is 6. The van der Waals surface area contributed by atoms with Crippen molar-refractivity contribution in [3.8, 4) is 33.8 Å². The highest BCUT2D eigenvalue weighted by Gasteiger charge is 2.38. The lowest BCUT2D eigenvalue weighted by Gasteiger charge is -2.36. The lowest BCUT2D eigenvalue weighted by molar-refractivity contribution is -0.140. The van der Waals surface area contributed by atoms with Crippen LogP contribution in [0.5, 0.6) is 11.5 Å². The summed E-state index contributed by atoms with van der Waals surface area (Å²) in [5.41, 5.74) is 7.42. The maximum atomic E-state index is 13.2. The number of amides is 2. The second-order valence-electron chi connectivity index (χ2n) is 16.7. The number of benzene rings is 2.